The number of thiazole rings is 1. The van der Waals surface area contributed by atoms with E-state index in [1.54, 1.807) is 23.9 Å². The highest BCUT2D eigenvalue weighted by Gasteiger charge is 2.19. The Morgan fingerprint density at radius 1 is 1.12 bits per heavy atom. The van der Waals surface area contributed by atoms with Gasteiger partial charge in [0.25, 0.3) is 5.91 Å². The molecule has 5 rings (SSSR count). The zero-order chi connectivity index (χ0) is 23.3. The number of carbonyl (C=O) groups excluding carboxylic acids is 1. The highest BCUT2D eigenvalue weighted by atomic mass is 35.5. The van der Waals surface area contributed by atoms with Crippen molar-refractivity contribution in [2.45, 2.75) is 17.5 Å². The van der Waals surface area contributed by atoms with Crippen LogP contribution in [0.1, 0.15) is 21.2 Å². The largest absolute Gasteiger partial charge is 0.461 e. The van der Waals surface area contributed by atoms with Crippen molar-refractivity contribution in [1.82, 2.24) is 30.0 Å². The number of thioether (sulfide) groups is 1. The lowest BCUT2D eigenvalue weighted by atomic mass is 10.3. The first-order valence-corrected chi connectivity index (χ1v) is 12.4. The van der Waals surface area contributed by atoms with Crippen LogP contribution in [0, 0.1) is 0 Å². The predicted molar refractivity (Wildman–Crippen MR) is 131 cm³/mol. The van der Waals surface area contributed by atoms with Gasteiger partial charge in [0.1, 0.15) is 10.7 Å². The molecule has 34 heavy (non-hydrogen) atoms. The van der Waals surface area contributed by atoms with Crippen LogP contribution in [0.5, 0.6) is 0 Å². The monoisotopic (exact) mass is 508 g/mol. The Balaban J connectivity index is 1.30. The molecule has 4 aromatic heterocycles. The number of aromatic nitrogens is 5. The molecule has 0 aliphatic carbocycles. The summed E-state index contributed by atoms with van der Waals surface area (Å²) in [7, 11) is 0. The summed E-state index contributed by atoms with van der Waals surface area (Å²) in [6.07, 6.45) is 3.29. The number of amides is 1. The minimum atomic E-state index is -0.234. The second-order valence-electron chi connectivity index (χ2n) is 7.01. The lowest BCUT2D eigenvalue weighted by Crippen LogP contribution is -2.23. The third-order valence-electron chi connectivity index (χ3n) is 4.73. The fourth-order valence-electron chi connectivity index (χ4n) is 3.12. The minimum absolute atomic E-state index is 0.234. The Hall–Kier alpha value is -3.47. The predicted octanol–water partition coefficient (Wildman–Crippen LogP) is 5.25. The molecule has 0 bridgehead atoms. The zero-order valence-electron chi connectivity index (χ0n) is 17.6. The first kappa shape index (κ1) is 22.3. The van der Waals surface area contributed by atoms with E-state index in [0.717, 1.165) is 16.4 Å². The number of halogens is 1. The van der Waals surface area contributed by atoms with Crippen LogP contribution in [0.25, 0.3) is 17.3 Å². The number of hydrogen-bond donors (Lipinski definition) is 1. The summed E-state index contributed by atoms with van der Waals surface area (Å²) in [5.41, 5.74) is 2.03. The molecule has 0 aliphatic rings. The highest BCUT2D eigenvalue weighted by molar-refractivity contribution is 7.98. The van der Waals surface area contributed by atoms with E-state index in [1.807, 2.05) is 53.1 Å². The first-order chi connectivity index (χ1) is 16.7. The minimum Gasteiger partial charge on any atom is -0.461 e. The number of nitrogens with one attached hydrogen (secondary N) is 1. The molecule has 0 aliphatic heterocycles. The van der Waals surface area contributed by atoms with Crippen LogP contribution in [0.2, 0.25) is 5.02 Å². The molecule has 0 unspecified atom stereocenters. The normalized spacial score (nSPS) is 11.0. The number of nitrogens with zero attached hydrogens (tertiary/aromatic N) is 5. The van der Waals surface area contributed by atoms with E-state index in [4.69, 9.17) is 16.0 Å². The molecule has 0 atom stereocenters. The molecule has 1 aromatic carbocycles. The number of pyridine rings is 1. The van der Waals surface area contributed by atoms with Crippen LogP contribution in [0.15, 0.2) is 82.0 Å². The Morgan fingerprint density at radius 2 is 2.00 bits per heavy atom. The maximum Gasteiger partial charge on any atom is 0.271 e. The number of hydrogen-bond acceptors (Lipinski definition) is 8. The third-order valence-corrected chi connectivity index (χ3v) is 6.95. The van der Waals surface area contributed by atoms with E-state index in [-0.39, 0.29) is 5.91 Å². The molecule has 0 radical (unpaired) electrons. The number of rotatable bonds is 8. The van der Waals surface area contributed by atoms with Crippen molar-refractivity contribution >= 4 is 40.6 Å². The van der Waals surface area contributed by atoms with Crippen LogP contribution < -0.4 is 5.32 Å². The van der Waals surface area contributed by atoms with E-state index < -0.39 is 0 Å². The SMILES string of the molecule is O=C(NCc1ccccn1)c1csc(CSc2nnc(-c3ccco3)n2-c2ccc(Cl)cc2)n1. The van der Waals surface area contributed by atoms with E-state index in [1.165, 1.54) is 23.1 Å². The number of furan rings is 1. The summed E-state index contributed by atoms with van der Waals surface area (Å²) in [5, 5.41) is 15.4. The fraction of sp³-hybridized carbons (Fsp3) is 0.0870. The highest BCUT2D eigenvalue weighted by Crippen LogP contribution is 2.31. The Kier molecular flexibility index (Phi) is 6.70. The maximum absolute atomic E-state index is 12.5. The van der Waals surface area contributed by atoms with Crippen molar-refractivity contribution in [2.24, 2.45) is 0 Å². The van der Waals surface area contributed by atoms with E-state index in [9.17, 15) is 4.79 Å². The average molecular weight is 509 g/mol. The summed E-state index contributed by atoms with van der Waals surface area (Å²) in [6.45, 7) is 0.348. The Labute approximate surface area is 208 Å². The van der Waals surface area contributed by atoms with Gasteiger partial charge in [-0.25, -0.2) is 4.98 Å². The first-order valence-electron chi connectivity index (χ1n) is 10.2. The maximum atomic E-state index is 12.5. The van der Waals surface area contributed by atoms with Crippen LogP contribution in [-0.4, -0.2) is 30.6 Å². The van der Waals surface area contributed by atoms with E-state index in [2.05, 4.69) is 25.5 Å². The van der Waals surface area contributed by atoms with Gasteiger partial charge in [0.15, 0.2) is 10.9 Å². The molecule has 8 nitrogen and oxygen atoms in total. The van der Waals surface area contributed by atoms with Gasteiger partial charge in [0.2, 0.25) is 5.82 Å². The molecule has 1 amide bonds. The lowest BCUT2D eigenvalue weighted by Gasteiger charge is -2.09. The van der Waals surface area contributed by atoms with Gasteiger partial charge in [-0.15, -0.1) is 21.5 Å². The molecular formula is C23H17ClN6O2S2. The van der Waals surface area contributed by atoms with Crippen LogP contribution in [-0.2, 0) is 12.3 Å². The van der Waals surface area contributed by atoms with Crippen molar-refractivity contribution in [3.8, 4) is 17.3 Å². The molecule has 0 saturated carbocycles. The fourth-order valence-corrected chi connectivity index (χ4v) is 4.99. The average Bonchev–Trinajstić information content (AvgIpc) is 3.63. The number of benzene rings is 1. The molecule has 11 heteroatoms. The smallest absolute Gasteiger partial charge is 0.271 e. The van der Waals surface area contributed by atoms with Crippen molar-refractivity contribution in [3.63, 3.8) is 0 Å². The molecular weight excluding hydrogens is 492 g/mol. The van der Waals surface area contributed by atoms with E-state index >= 15 is 0 Å². The summed E-state index contributed by atoms with van der Waals surface area (Å²) in [6, 6.07) is 16.6. The van der Waals surface area contributed by atoms with Crippen LogP contribution >= 0.6 is 34.7 Å². The van der Waals surface area contributed by atoms with Gasteiger partial charge in [-0.05, 0) is 48.5 Å². The van der Waals surface area contributed by atoms with Crippen molar-refractivity contribution in [3.05, 3.63) is 93.9 Å². The van der Waals surface area contributed by atoms with Gasteiger partial charge in [-0.1, -0.05) is 29.4 Å². The molecule has 170 valence electrons. The molecule has 0 spiro atoms. The van der Waals surface area contributed by atoms with Gasteiger partial charge in [-0.2, -0.15) is 0 Å². The molecule has 1 N–H and O–H groups in total. The molecule has 4 heterocycles. The van der Waals surface area contributed by atoms with Crippen molar-refractivity contribution in [1.29, 1.82) is 0 Å². The summed E-state index contributed by atoms with van der Waals surface area (Å²) in [4.78, 5) is 21.1. The Morgan fingerprint density at radius 3 is 2.76 bits per heavy atom. The number of carbonyl (C=O) groups is 1. The van der Waals surface area contributed by atoms with E-state index in [0.29, 0.717) is 39.8 Å². The standard InChI is InChI=1S/C23H17ClN6O2S2/c24-15-6-8-17(9-7-15)30-21(19-5-3-11-32-19)28-29-23(30)34-14-20-27-18(13-33-20)22(31)26-12-16-4-1-2-10-25-16/h1-11,13H,12,14H2,(H,26,31). The molecule has 0 fully saturated rings. The topological polar surface area (TPSA) is 98.7 Å². The zero-order valence-corrected chi connectivity index (χ0v) is 20.0. The van der Waals surface area contributed by atoms with Crippen molar-refractivity contribution in [2.75, 3.05) is 0 Å². The van der Waals surface area contributed by atoms with Gasteiger partial charge < -0.3 is 9.73 Å². The second-order valence-corrected chi connectivity index (χ2v) is 9.34. The van der Waals surface area contributed by atoms with Gasteiger partial charge in [0, 0.05) is 22.3 Å². The van der Waals surface area contributed by atoms with Gasteiger partial charge in [-0.3, -0.25) is 14.3 Å². The quantitative estimate of drug-likeness (QED) is 0.285. The third kappa shape index (κ3) is 5.04. The van der Waals surface area contributed by atoms with Crippen LogP contribution in [0.4, 0.5) is 0 Å². The molecule has 0 saturated heterocycles. The Bertz CT molecular complexity index is 1380. The summed E-state index contributed by atoms with van der Waals surface area (Å²) in [5.74, 6) is 1.49. The lowest BCUT2D eigenvalue weighted by molar-refractivity contribution is 0.0946. The van der Waals surface area contributed by atoms with Gasteiger partial charge >= 0.3 is 0 Å². The molecule has 5 aromatic rings. The second kappa shape index (κ2) is 10.2. The van der Waals surface area contributed by atoms with Crippen molar-refractivity contribution < 1.29 is 9.21 Å². The summed E-state index contributed by atoms with van der Waals surface area (Å²) >= 11 is 8.97. The van der Waals surface area contributed by atoms with Crippen LogP contribution in [0.3, 0.4) is 0 Å². The van der Waals surface area contributed by atoms with Gasteiger partial charge in [0.05, 0.1) is 24.3 Å². The summed E-state index contributed by atoms with van der Waals surface area (Å²) < 4.78 is 7.46.